The Hall–Kier alpha value is -1.90. The van der Waals surface area contributed by atoms with Gasteiger partial charge in [0.2, 0.25) is 5.88 Å². The van der Waals surface area contributed by atoms with Gasteiger partial charge in [-0.15, -0.1) is 0 Å². The van der Waals surface area contributed by atoms with Gasteiger partial charge < -0.3 is 9.53 Å². The van der Waals surface area contributed by atoms with Crippen LogP contribution in [0.5, 0.6) is 5.88 Å². The molecule has 1 unspecified atom stereocenters. The molecule has 3 heteroatoms. The van der Waals surface area contributed by atoms with Crippen LogP contribution in [-0.2, 0) is 4.79 Å². The van der Waals surface area contributed by atoms with Crippen LogP contribution in [-0.4, -0.2) is 18.4 Å². The minimum Gasteiger partial charge on any atom is -0.481 e. The molecule has 2 rings (SSSR count). The van der Waals surface area contributed by atoms with Crippen LogP contribution in [0, 0.1) is 0 Å². The maximum absolute atomic E-state index is 10.7. The third-order valence-electron chi connectivity index (χ3n) is 2.63. The molecule has 0 bridgehead atoms. The number of ether oxygens (including phenoxy) is 1. The summed E-state index contributed by atoms with van der Waals surface area (Å²) in [6, 6.07) is 9.59. The van der Waals surface area contributed by atoms with E-state index in [4.69, 9.17) is 4.74 Å². The average molecular weight is 215 g/mol. The molecule has 0 spiro atoms. The van der Waals surface area contributed by atoms with Gasteiger partial charge in [0, 0.05) is 17.4 Å². The summed E-state index contributed by atoms with van der Waals surface area (Å²) in [7, 11) is 1.59. The van der Waals surface area contributed by atoms with Crippen molar-refractivity contribution in [3.8, 4) is 5.88 Å². The third kappa shape index (κ3) is 1.89. The van der Waals surface area contributed by atoms with Crippen molar-refractivity contribution in [2.24, 2.45) is 0 Å². The quantitative estimate of drug-likeness (QED) is 0.738. The van der Waals surface area contributed by atoms with E-state index in [1.807, 2.05) is 37.3 Å². The molecule has 0 amide bonds. The van der Waals surface area contributed by atoms with Gasteiger partial charge in [-0.3, -0.25) is 0 Å². The number of carbonyl (C=O) groups excluding carboxylic acids is 1. The lowest BCUT2D eigenvalue weighted by atomic mass is 10.0. The van der Waals surface area contributed by atoms with Crippen LogP contribution < -0.4 is 4.74 Å². The van der Waals surface area contributed by atoms with Gasteiger partial charge in [0.1, 0.15) is 6.29 Å². The smallest absolute Gasteiger partial charge is 0.213 e. The molecule has 0 aliphatic heterocycles. The van der Waals surface area contributed by atoms with Gasteiger partial charge in [-0.05, 0) is 23.8 Å². The van der Waals surface area contributed by atoms with Gasteiger partial charge in [-0.25, -0.2) is 4.98 Å². The Balaban J connectivity index is 2.51. The van der Waals surface area contributed by atoms with Crippen LogP contribution in [0.25, 0.3) is 10.9 Å². The lowest BCUT2D eigenvalue weighted by Crippen LogP contribution is -1.94. The number of nitrogens with zero attached hydrogens (tertiary/aromatic N) is 1. The minimum absolute atomic E-state index is 0.0773. The molecule has 82 valence electrons. The number of hydrogen-bond donors (Lipinski definition) is 0. The molecule has 0 radical (unpaired) electrons. The van der Waals surface area contributed by atoms with Gasteiger partial charge in [0.05, 0.1) is 12.6 Å². The zero-order valence-electron chi connectivity index (χ0n) is 9.31. The third-order valence-corrected chi connectivity index (χ3v) is 2.63. The molecule has 0 saturated carbocycles. The van der Waals surface area contributed by atoms with E-state index in [1.165, 1.54) is 0 Å². The van der Waals surface area contributed by atoms with Crippen LogP contribution in [0.15, 0.2) is 30.3 Å². The molecular formula is C13H13NO2. The molecule has 0 saturated heterocycles. The Kier molecular flexibility index (Phi) is 2.86. The summed E-state index contributed by atoms with van der Waals surface area (Å²) in [4.78, 5) is 15.0. The highest BCUT2D eigenvalue weighted by Crippen LogP contribution is 2.21. The van der Waals surface area contributed by atoms with Crippen molar-refractivity contribution < 1.29 is 9.53 Å². The van der Waals surface area contributed by atoms with E-state index >= 15 is 0 Å². The molecule has 1 atom stereocenters. The van der Waals surface area contributed by atoms with E-state index in [2.05, 4.69) is 4.98 Å². The van der Waals surface area contributed by atoms with Gasteiger partial charge >= 0.3 is 0 Å². The molecule has 16 heavy (non-hydrogen) atoms. The van der Waals surface area contributed by atoms with E-state index in [0.717, 1.165) is 22.8 Å². The Morgan fingerprint density at radius 1 is 1.31 bits per heavy atom. The molecule has 2 aromatic rings. The maximum atomic E-state index is 10.7. The minimum atomic E-state index is -0.0773. The summed E-state index contributed by atoms with van der Waals surface area (Å²) < 4.78 is 5.05. The number of aldehydes is 1. The second kappa shape index (κ2) is 4.31. The number of methoxy groups -OCH3 is 1. The predicted molar refractivity (Wildman–Crippen MR) is 62.8 cm³/mol. The van der Waals surface area contributed by atoms with Crippen molar-refractivity contribution in [2.45, 2.75) is 12.8 Å². The summed E-state index contributed by atoms with van der Waals surface area (Å²) in [5.74, 6) is 0.523. The fourth-order valence-electron chi connectivity index (χ4n) is 1.60. The number of hydrogen-bond acceptors (Lipinski definition) is 3. The Bertz CT molecular complexity index is 522. The van der Waals surface area contributed by atoms with Gasteiger partial charge in [0.25, 0.3) is 0 Å². The Morgan fingerprint density at radius 2 is 2.12 bits per heavy atom. The van der Waals surface area contributed by atoms with Gasteiger partial charge in [-0.2, -0.15) is 0 Å². The van der Waals surface area contributed by atoms with E-state index in [-0.39, 0.29) is 5.92 Å². The van der Waals surface area contributed by atoms with E-state index in [0.29, 0.717) is 5.88 Å². The normalized spacial score (nSPS) is 12.4. The average Bonchev–Trinajstić information content (AvgIpc) is 2.36. The molecule has 0 aliphatic rings. The Labute approximate surface area is 94.1 Å². The number of pyridine rings is 1. The number of fused-ring (bicyclic) bond motifs is 1. The van der Waals surface area contributed by atoms with E-state index in [9.17, 15) is 4.79 Å². The number of benzene rings is 1. The second-order valence-electron chi connectivity index (χ2n) is 3.73. The summed E-state index contributed by atoms with van der Waals surface area (Å²) in [5, 5.41) is 1.02. The highest BCUT2D eigenvalue weighted by molar-refractivity contribution is 5.81. The van der Waals surface area contributed by atoms with Gasteiger partial charge in [-0.1, -0.05) is 13.0 Å². The first-order valence-corrected chi connectivity index (χ1v) is 5.14. The SMILES string of the molecule is COc1ccc2cc(C(C)C=O)ccc2n1. The first-order valence-electron chi connectivity index (χ1n) is 5.14. The summed E-state index contributed by atoms with van der Waals surface area (Å²) in [6.07, 6.45) is 0.943. The molecular weight excluding hydrogens is 202 g/mol. The highest BCUT2D eigenvalue weighted by Gasteiger charge is 2.05. The van der Waals surface area contributed by atoms with Crippen molar-refractivity contribution >= 4 is 17.2 Å². The van der Waals surface area contributed by atoms with Crippen LogP contribution in [0.1, 0.15) is 18.4 Å². The molecule has 1 heterocycles. The summed E-state index contributed by atoms with van der Waals surface area (Å²) in [5.41, 5.74) is 1.88. The fourth-order valence-corrected chi connectivity index (χ4v) is 1.60. The second-order valence-corrected chi connectivity index (χ2v) is 3.73. The standard InChI is InChI=1S/C13H13NO2/c1-9(8-15)10-3-5-12-11(7-10)4-6-13(14-12)16-2/h3-9H,1-2H3. The fraction of sp³-hybridized carbons (Fsp3) is 0.231. The van der Waals surface area contributed by atoms with Crippen molar-refractivity contribution in [1.29, 1.82) is 0 Å². The zero-order valence-corrected chi connectivity index (χ0v) is 9.31. The number of carbonyl (C=O) groups is 1. The van der Waals surface area contributed by atoms with E-state index < -0.39 is 0 Å². The molecule has 1 aromatic heterocycles. The lowest BCUT2D eigenvalue weighted by Gasteiger charge is -2.06. The van der Waals surface area contributed by atoms with Crippen LogP contribution >= 0.6 is 0 Å². The Morgan fingerprint density at radius 3 is 2.81 bits per heavy atom. The monoisotopic (exact) mass is 215 g/mol. The van der Waals surface area contributed by atoms with Crippen LogP contribution in [0.4, 0.5) is 0 Å². The maximum Gasteiger partial charge on any atom is 0.213 e. The van der Waals surface area contributed by atoms with Crippen molar-refractivity contribution in [1.82, 2.24) is 4.98 Å². The topological polar surface area (TPSA) is 39.2 Å². The van der Waals surface area contributed by atoms with Crippen molar-refractivity contribution in [3.63, 3.8) is 0 Å². The molecule has 1 aromatic carbocycles. The van der Waals surface area contributed by atoms with Crippen molar-refractivity contribution in [2.75, 3.05) is 7.11 Å². The lowest BCUT2D eigenvalue weighted by molar-refractivity contribution is -0.108. The summed E-state index contributed by atoms with van der Waals surface area (Å²) in [6.45, 7) is 1.88. The number of aromatic nitrogens is 1. The molecule has 0 aliphatic carbocycles. The van der Waals surface area contributed by atoms with Crippen LogP contribution in [0.2, 0.25) is 0 Å². The molecule has 0 fully saturated rings. The summed E-state index contributed by atoms with van der Waals surface area (Å²) >= 11 is 0. The molecule has 0 N–H and O–H groups in total. The van der Waals surface area contributed by atoms with Gasteiger partial charge in [0.15, 0.2) is 0 Å². The zero-order chi connectivity index (χ0) is 11.5. The first-order chi connectivity index (χ1) is 7.74. The van der Waals surface area contributed by atoms with Crippen LogP contribution in [0.3, 0.4) is 0 Å². The largest absolute Gasteiger partial charge is 0.481 e. The van der Waals surface area contributed by atoms with Crippen molar-refractivity contribution in [3.05, 3.63) is 35.9 Å². The first kappa shape index (κ1) is 10.6. The molecule has 3 nitrogen and oxygen atoms in total. The highest BCUT2D eigenvalue weighted by atomic mass is 16.5. The number of rotatable bonds is 3. The van der Waals surface area contributed by atoms with E-state index in [1.54, 1.807) is 7.11 Å². The predicted octanol–water partition coefficient (Wildman–Crippen LogP) is 2.55.